The van der Waals surface area contributed by atoms with Crippen LogP contribution >= 0.6 is 0 Å². The molecule has 0 saturated heterocycles. The van der Waals surface area contributed by atoms with Gasteiger partial charge in [0.15, 0.2) is 11.6 Å². The number of Topliss-reactive ketones (excluding diaryl/α,β-unsaturated/α-hetero) is 2. The van der Waals surface area contributed by atoms with Gasteiger partial charge in [-0.05, 0) is 100 Å². The number of hydrogen-bond acceptors (Lipinski definition) is 2. The van der Waals surface area contributed by atoms with Crippen molar-refractivity contribution in [1.82, 2.24) is 0 Å². The molecule has 0 spiro atoms. The molecule has 2 nitrogen and oxygen atoms in total. The smallest absolute Gasteiger partial charge is 0.159 e. The summed E-state index contributed by atoms with van der Waals surface area (Å²) in [7, 11) is 0. The third-order valence-corrected chi connectivity index (χ3v) is 5.91. The van der Waals surface area contributed by atoms with E-state index in [9.17, 15) is 9.59 Å². The number of carbonyl (C=O) groups is 2. The highest BCUT2D eigenvalue weighted by Crippen LogP contribution is 2.31. The molecule has 0 aliphatic heterocycles. The summed E-state index contributed by atoms with van der Waals surface area (Å²) in [5.41, 5.74) is 6.87. The van der Waals surface area contributed by atoms with Crippen LogP contribution in [-0.2, 0) is 9.59 Å². The Morgan fingerprint density at radius 1 is 0.733 bits per heavy atom. The van der Waals surface area contributed by atoms with Gasteiger partial charge in [-0.2, -0.15) is 0 Å². The number of allylic oxidation sites excluding steroid dienone is 10. The zero-order valence-corrected chi connectivity index (χ0v) is 19.0. The number of rotatable bonds is 13. The molecule has 0 radical (unpaired) electrons. The van der Waals surface area contributed by atoms with Gasteiger partial charge in [0, 0.05) is 12.8 Å². The Kier molecular flexibility index (Phi) is 10.00. The maximum atomic E-state index is 12.3. The Morgan fingerprint density at radius 3 is 1.50 bits per heavy atom. The maximum absolute atomic E-state index is 12.3. The van der Waals surface area contributed by atoms with Gasteiger partial charge in [0.05, 0.1) is 0 Å². The molecule has 2 aliphatic carbocycles. The van der Waals surface area contributed by atoms with Gasteiger partial charge in [-0.1, -0.05) is 35.5 Å². The van der Waals surface area contributed by atoms with Gasteiger partial charge in [0.25, 0.3) is 0 Å². The summed E-state index contributed by atoms with van der Waals surface area (Å²) < 4.78 is 0. The third-order valence-electron chi connectivity index (χ3n) is 5.91. The first kappa shape index (κ1) is 24.1. The van der Waals surface area contributed by atoms with E-state index in [-0.39, 0.29) is 0 Å². The van der Waals surface area contributed by atoms with Crippen molar-refractivity contribution >= 4 is 11.6 Å². The Balaban J connectivity index is 1.86. The van der Waals surface area contributed by atoms with Crippen LogP contribution in [0.2, 0.25) is 0 Å². The Bertz CT molecular complexity index is 730. The van der Waals surface area contributed by atoms with Crippen LogP contribution in [0.3, 0.4) is 0 Å². The van der Waals surface area contributed by atoms with E-state index in [2.05, 4.69) is 37.5 Å². The zero-order chi connectivity index (χ0) is 21.9. The van der Waals surface area contributed by atoms with Crippen LogP contribution in [0.15, 0.2) is 70.9 Å². The van der Waals surface area contributed by atoms with Crippen LogP contribution in [-0.4, -0.2) is 11.6 Å². The zero-order valence-electron chi connectivity index (χ0n) is 19.0. The molecular formula is C28H38O2. The lowest BCUT2D eigenvalue weighted by Crippen LogP contribution is -1.99. The van der Waals surface area contributed by atoms with Crippen molar-refractivity contribution < 1.29 is 9.59 Å². The molecule has 0 heterocycles. The standard InChI is InChI=1S/C28H38O2/c1-21(2)11-5-7-13-23-17-19-27(29)25(23)15-9-10-16-26-24(18-20-28(26)30)14-8-6-12-22(3)4/h7-8,13-14H,1,3,5-6,9-12,15-20H2,2,4H3/b13-7+,14-8+. The lowest BCUT2D eigenvalue weighted by molar-refractivity contribution is -0.115. The van der Waals surface area contributed by atoms with Crippen LogP contribution in [0.1, 0.15) is 90.9 Å². The predicted molar refractivity (Wildman–Crippen MR) is 127 cm³/mol. The number of hydrogen-bond donors (Lipinski definition) is 0. The molecule has 2 heteroatoms. The molecular weight excluding hydrogens is 368 g/mol. The quantitative estimate of drug-likeness (QED) is 0.232. The van der Waals surface area contributed by atoms with Crippen LogP contribution in [0.4, 0.5) is 0 Å². The van der Waals surface area contributed by atoms with Crippen molar-refractivity contribution in [2.45, 2.75) is 90.9 Å². The van der Waals surface area contributed by atoms with Crippen LogP contribution in [0.25, 0.3) is 0 Å². The Hall–Kier alpha value is -2.22. The average Bonchev–Trinajstić information content (AvgIpc) is 3.22. The fourth-order valence-electron chi connectivity index (χ4n) is 4.14. The molecule has 0 fully saturated rings. The molecule has 0 unspecified atom stereocenters. The van der Waals surface area contributed by atoms with Crippen LogP contribution in [0, 0.1) is 0 Å². The molecule has 0 atom stereocenters. The first-order valence-corrected chi connectivity index (χ1v) is 11.5. The van der Waals surface area contributed by atoms with Crippen molar-refractivity contribution in [3.05, 3.63) is 70.9 Å². The second-order valence-electron chi connectivity index (χ2n) is 8.86. The maximum Gasteiger partial charge on any atom is 0.159 e. The van der Waals surface area contributed by atoms with Gasteiger partial charge in [0.1, 0.15) is 0 Å². The van der Waals surface area contributed by atoms with Crippen molar-refractivity contribution in [2.24, 2.45) is 0 Å². The molecule has 162 valence electrons. The Morgan fingerprint density at radius 2 is 1.13 bits per heavy atom. The summed E-state index contributed by atoms with van der Waals surface area (Å²) in [6.45, 7) is 12.0. The fraction of sp³-hybridized carbons (Fsp3) is 0.500. The average molecular weight is 407 g/mol. The summed E-state index contributed by atoms with van der Waals surface area (Å²) in [5.74, 6) is 0.624. The molecule has 0 N–H and O–H groups in total. The van der Waals surface area contributed by atoms with Crippen molar-refractivity contribution in [1.29, 1.82) is 0 Å². The number of carbonyl (C=O) groups excluding carboxylic acids is 2. The van der Waals surface area contributed by atoms with Crippen molar-refractivity contribution in [2.75, 3.05) is 0 Å². The molecule has 30 heavy (non-hydrogen) atoms. The molecule has 0 aromatic heterocycles. The molecule has 0 amide bonds. The van der Waals surface area contributed by atoms with E-state index >= 15 is 0 Å². The molecule has 0 saturated carbocycles. The summed E-state index contributed by atoms with van der Waals surface area (Å²) in [6.07, 6.45) is 19.3. The second-order valence-corrected chi connectivity index (χ2v) is 8.86. The Labute approximate surface area is 183 Å². The molecule has 2 rings (SSSR count). The van der Waals surface area contributed by atoms with Gasteiger partial charge in [-0.25, -0.2) is 0 Å². The van der Waals surface area contributed by atoms with E-state index in [0.29, 0.717) is 24.4 Å². The van der Waals surface area contributed by atoms with E-state index < -0.39 is 0 Å². The highest BCUT2D eigenvalue weighted by atomic mass is 16.1. The summed E-state index contributed by atoms with van der Waals surface area (Å²) in [4.78, 5) is 24.6. The number of ketones is 2. The topological polar surface area (TPSA) is 34.1 Å². The third kappa shape index (κ3) is 7.89. The monoisotopic (exact) mass is 406 g/mol. The van der Waals surface area contributed by atoms with E-state index in [1.165, 1.54) is 22.3 Å². The van der Waals surface area contributed by atoms with Crippen LogP contribution in [0.5, 0.6) is 0 Å². The largest absolute Gasteiger partial charge is 0.295 e. The summed E-state index contributed by atoms with van der Waals surface area (Å²) in [5, 5.41) is 0. The van der Waals surface area contributed by atoms with E-state index in [1.54, 1.807) is 0 Å². The highest BCUT2D eigenvalue weighted by Gasteiger charge is 2.22. The minimum Gasteiger partial charge on any atom is -0.295 e. The minimum absolute atomic E-state index is 0.312. The van der Waals surface area contributed by atoms with E-state index in [4.69, 9.17) is 0 Å². The minimum atomic E-state index is 0.312. The van der Waals surface area contributed by atoms with Gasteiger partial charge in [0.2, 0.25) is 0 Å². The first-order valence-electron chi connectivity index (χ1n) is 11.5. The van der Waals surface area contributed by atoms with Crippen molar-refractivity contribution in [3.8, 4) is 0 Å². The number of unbranched alkanes of at least 4 members (excludes halogenated alkanes) is 1. The highest BCUT2D eigenvalue weighted by molar-refractivity contribution is 5.99. The second kappa shape index (κ2) is 12.5. The fourth-order valence-corrected chi connectivity index (χ4v) is 4.14. The molecule has 0 aromatic rings. The van der Waals surface area contributed by atoms with Gasteiger partial charge in [-0.3, -0.25) is 9.59 Å². The SMILES string of the molecule is C=C(C)CC/C=C/C1=C(CCCCC2=C(/C=C/CCC(=C)C)CCC2=O)C(=O)CC1. The van der Waals surface area contributed by atoms with E-state index in [1.807, 2.05) is 13.8 Å². The molecule has 0 aromatic carbocycles. The summed E-state index contributed by atoms with van der Waals surface area (Å²) >= 11 is 0. The lowest BCUT2D eigenvalue weighted by Gasteiger charge is -2.06. The van der Waals surface area contributed by atoms with Gasteiger partial charge in [-0.15, -0.1) is 13.2 Å². The summed E-state index contributed by atoms with van der Waals surface area (Å²) in [6, 6.07) is 0. The lowest BCUT2D eigenvalue weighted by atomic mass is 9.98. The molecule has 0 bridgehead atoms. The van der Waals surface area contributed by atoms with Crippen LogP contribution < -0.4 is 0 Å². The first-order chi connectivity index (χ1) is 14.4. The normalized spacial score (nSPS) is 17.4. The van der Waals surface area contributed by atoms with E-state index in [0.717, 1.165) is 75.4 Å². The van der Waals surface area contributed by atoms with Crippen molar-refractivity contribution in [3.63, 3.8) is 0 Å². The van der Waals surface area contributed by atoms with Gasteiger partial charge >= 0.3 is 0 Å². The predicted octanol–water partition coefficient (Wildman–Crippen LogP) is 7.69. The molecule has 2 aliphatic rings. The van der Waals surface area contributed by atoms with Gasteiger partial charge < -0.3 is 0 Å².